The van der Waals surface area contributed by atoms with Crippen molar-refractivity contribution in [2.75, 3.05) is 63.2 Å². The van der Waals surface area contributed by atoms with Crippen molar-refractivity contribution in [2.45, 2.75) is 11.8 Å². The van der Waals surface area contributed by atoms with Gasteiger partial charge in [0.2, 0.25) is 0 Å². The van der Waals surface area contributed by atoms with Crippen LogP contribution in [0.5, 0.6) is 0 Å². The number of fused-ring (bicyclic) bond motifs is 1. The zero-order valence-electron chi connectivity index (χ0n) is 20.4. The largest absolute Gasteiger partial charge is 0.384 e. The number of amidine groups is 1. The van der Waals surface area contributed by atoms with Crippen molar-refractivity contribution in [3.05, 3.63) is 58.0 Å². The van der Waals surface area contributed by atoms with Crippen LogP contribution >= 0.6 is 23.5 Å². The average Bonchev–Trinajstić information content (AvgIpc) is 3.40. The van der Waals surface area contributed by atoms with E-state index in [4.69, 9.17) is 9.73 Å². The molecule has 0 unspecified atom stereocenters. The smallest absolute Gasteiger partial charge is 0.269 e. The maximum Gasteiger partial charge on any atom is 0.269 e. The summed E-state index contributed by atoms with van der Waals surface area (Å²) in [5.41, 5.74) is 3.13. The number of ether oxygens (including phenoxy) is 1. The molecule has 0 bridgehead atoms. The molecule has 0 saturated carbocycles. The summed E-state index contributed by atoms with van der Waals surface area (Å²) in [6, 6.07) is 15.8. The van der Waals surface area contributed by atoms with Crippen LogP contribution in [0.25, 0.3) is 0 Å². The van der Waals surface area contributed by atoms with Crippen molar-refractivity contribution in [1.82, 2.24) is 9.80 Å². The lowest BCUT2D eigenvalue weighted by atomic mass is 10.2. The predicted molar refractivity (Wildman–Crippen MR) is 147 cm³/mol. The van der Waals surface area contributed by atoms with Crippen LogP contribution in [-0.2, 0) is 9.53 Å². The Kier molecular flexibility index (Phi) is 7.53. The SMILES string of the molecule is CCNc1ccc(C#N)cc1N=C1SC(=C2Sc3ccccc3N2C)C(=O)N1CCN1CCOCC1. The van der Waals surface area contributed by atoms with Crippen LogP contribution in [0.2, 0.25) is 0 Å². The molecule has 2 fully saturated rings. The van der Waals surface area contributed by atoms with Crippen molar-refractivity contribution in [3.8, 4) is 6.07 Å². The number of amides is 1. The second-order valence-corrected chi connectivity index (χ2v) is 10.6. The molecule has 0 aliphatic carbocycles. The third kappa shape index (κ3) is 4.97. The number of hydrogen-bond donors (Lipinski definition) is 1. The highest BCUT2D eigenvalue weighted by atomic mass is 32.2. The van der Waals surface area contributed by atoms with E-state index in [0.29, 0.717) is 41.1 Å². The summed E-state index contributed by atoms with van der Waals surface area (Å²) < 4.78 is 5.48. The molecule has 36 heavy (non-hydrogen) atoms. The Bertz CT molecular complexity index is 1270. The summed E-state index contributed by atoms with van der Waals surface area (Å²) in [6.07, 6.45) is 0. The van der Waals surface area contributed by atoms with Gasteiger partial charge in [0.1, 0.15) is 4.91 Å². The van der Waals surface area contributed by atoms with Gasteiger partial charge in [0.15, 0.2) is 5.17 Å². The summed E-state index contributed by atoms with van der Waals surface area (Å²) in [5, 5.41) is 14.3. The van der Waals surface area contributed by atoms with Gasteiger partial charge in [-0.15, -0.1) is 0 Å². The Hall–Kier alpha value is -2.97. The van der Waals surface area contributed by atoms with Gasteiger partial charge in [-0.3, -0.25) is 14.6 Å². The number of carbonyl (C=O) groups is 1. The summed E-state index contributed by atoms with van der Waals surface area (Å²) >= 11 is 3.03. The Labute approximate surface area is 220 Å². The van der Waals surface area contributed by atoms with Gasteiger partial charge in [0, 0.05) is 44.7 Å². The van der Waals surface area contributed by atoms with Crippen LogP contribution < -0.4 is 10.2 Å². The number of nitrogens with zero attached hydrogens (tertiary/aromatic N) is 5. The summed E-state index contributed by atoms with van der Waals surface area (Å²) in [6.45, 7) is 7.18. The maximum atomic E-state index is 13.8. The van der Waals surface area contributed by atoms with Crippen molar-refractivity contribution < 1.29 is 9.53 Å². The molecular weight excluding hydrogens is 492 g/mol. The minimum atomic E-state index is -0.0318. The van der Waals surface area contributed by atoms with Crippen LogP contribution in [0.4, 0.5) is 17.1 Å². The molecule has 0 atom stereocenters. The molecule has 1 N–H and O–H groups in total. The third-order valence-electron chi connectivity index (χ3n) is 6.25. The van der Waals surface area contributed by atoms with E-state index in [9.17, 15) is 10.1 Å². The van der Waals surface area contributed by atoms with Crippen LogP contribution in [0.1, 0.15) is 12.5 Å². The minimum Gasteiger partial charge on any atom is -0.384 e. The molecule has 2 aromatic rings. The van der Waals surface area contributed by atoms with Gasteiger partial charge in [0.05, 0.1) is 46.9 Å². The number of nitrogens with one attached hydrogen (secondary N) is 1. The van der Waals surface area contributed by atoms with E-state index in [2.05, 4.69) is 33.3 Å². The molecule has 8 nitrogen and oxygen atoms in total. The topological polar surface area (TPSA) is 84.2 Å². The normalized spacial score (nSPS) is 21.2. The number of carbonyl (C=O) groups excluding carboxylic acids is 1. The number of anilines is 2. The van der Waals surface area contributed by atoms with Gasteiger partial charge in [0.25, 0.3) is 5.91 Å². The lowest BCUT2D eigenvalue weighted by Crippen LogP contribution is -2.42. The van der Waals surface area contributed by atoms with E-state index in [0.717, 1.165) is 47.5 Å². The van der Waals surface area contributed by atoms with Gasteiger partial charge >= 0.3 is 0 Å². The van der Waals surface area contributed by atoms with Crippen LogP contribution in [0.3, 0.4) is 0 Å². The summed E-state index contributed by atoms with van der Waals surface area (Å²) in [5.74, 6) is -0.0318. The predicted octanol–water partition coefficient (Wildman–Crippen LogP) is 4.30. The molecule has 1 amide bonds. The molecule has 2 saturated heterocycles. The fraction of sp³-hybridized carbons (Fsp3) is 0.346. The van der Waals surface area contributed by atoms with Crippen molar-refractivity contribution in [1.29, 1.82) is 5.26 Å². The van der Waals surface area contributed by atoms with Crippen molar-refractivity contribution in [2.24, 2.45) is 4.99 Å². The van der Waals surface area contributed by atoms with Crippen molar-refractivity contribution in [3.63, 3.8) is 0 Å². The summed E-state index contributed by atoms with van der Waals surface area (Å²) in [7, 11) is 2.00. The second kappa shape index (κ2) is 11.0. The first-order valence-corrected chi connectivity index (χ1v) is 13.6. The van der Waals surface area contributed by atoms with E-state index in [1.807, 2.05) is 32.2 Å². The number of benzene rings is 2. The Morgan fingerprint density at radius 2 is 1.94 bits per heavy atom. The molecule has 10 heteroatoms. The van der Waals surface area contributed by atoms with E-state index >= 15 is 0 Å². The summed E-state index contributed by atoms with van der Waals surface area (Å²) in [4.78, 5) is 26.8. The molecule has 0 aromatic heterocycles. The first-order valence-electron chi connectivity index (χ1n) is 12.0. The molecule has 0 spiro atoms. The maximum absolute atomic E-state index is 13.8. The molecular formula is C26H28N6O2S2. The van der Waals surface area contributed by atoms with Crippen LogP contribution in [0, 0.1) is 11.3 Å². The quantitative estimate of drug-likeness (QED) is 0.565. The monoisotopic (exact) mass is 520 g/mol. The fourth-order valence-electron chi connectivity index (χ4n) is 4.32. The van der Waals surface area contributed by atoms with Gasteiger partial charge in [-0.25, -0.2) is 4.99 Å². The van der Waals surface area contributed by atoms with Crippen LogP contribution in [-0.4, -0.2) is 73.9 Å². The number of rotatable bonds is 6. The molecule has 3 aliphatic rings. The van der Waals surface area contributed by atoms with Gasteiger partial charge in [-0.2, -0.15) is 5.26 Å². The lowest BCUT2D eigenvalue weighted by molar-refractivity contribution is -0.122. The first-order chi connectivity index (χ1) is 17.6. The van der Waals surface area contributed by atoms with Crippen LogP contribution in [0.15, 0.2) is 62.3 Å². The van der Waals surface area contributed by atoms with Crippen molar-refractivity contribution >= 4 is 51.7 Å². The van der Waals surface area contributed by atoms with E-state index < -0.39 is 0 Å². The zero-order chi connectivity index (χ0) is 25.1. The number of morpholine rings is 1. The number of thioether (sulfide) groups is 2. The highest BCUT2D eigenvalue weighted by molar-refractivity contribution is 8.19. The average molecular weight is 521 g/mol. The number of hydrogen-bond acceptors (Lipinski definition) is 9. The standard InChI is InChI=1S/C26H28N6O2S2/c1-3-28-19-9-8-18(17-27)16-20(19)29-26-32(11-10-31-12-14-34-15-13-31)24(33)23(36-26)25-30(2)21-6-4-5-7-22(21)35-25/h4-9,16,28H,3,10-15H2,1-2H3. The third-order valence-corrected chi connectivity index (χ3v) is 8.68. The second-order valence-electron chi connectivity index (χ2n) is 8.54. The molecule has 5 rings (SSSR count). The fourth-order valence-corrected chi connectivity index (χ4v) is 6.68. The molecule has 2 aromatic carbocycles. The molecule has 3 aliphatic heterocycles. The molecule has 0 radical (unpaired) electrons. The highest BCUT2D eigenvalue weighted by Gasteiger charge is 2.39. The number of nitriles is 1. The van der Waals surface area contributed by atoms with Gasteiger partial charge in [-0.1, -0.05) is 23.9 Å². The minimum absolute atomic E-state index is 0.0318. The van der Waals surface area contributed by atoms with E-state index in [1.54, 1.807) is 28.8 Å². The molecule has 186 valence electrons. The highest BCUT2D eigenvalue weighted by Crippen LogP contribution is 2.50. The van der Waals surface area contributed by atoms with E-state index in [1.165, 1.54) is 11.8 Å². The van der Waals surface area contributed by atoms with E-state index in [-0.39, 0.29) is 5.91 Å². The zero-order valence-corrected chi connectivity index (χ0v) is 22.0. The molecule has 3 heterocycles. The Balaban J connectivity index is 1.51. The van der Waals surface area contributed by atoms with Gasteiger partial charge in [-0.05, 0) is 49.0 Å². The van der Waals surface area contributed by atoms with Gasteiger partial charge < -0.3 is 15.0 Å². The Morgan fingerprint density at radius 3 is 2.69 bits per heavy atom. The first kappa shape index (κ1) is 24.7. The Morgan fingerprint density at radius 1 is 1.14 bits per heavy atom. The number of aliphatic imine (C=N–C) groups is 1. The lowest BCUT2D eigenvalue weighted by Gasteiger charge is -2.28. The number of para-hydroxylation sites is 1.